The van der Waals surface area contributed by atoms with Crippen molar-refractivity contribution in [2.75, 3.05) is 19.7 Å². The van der Waals surface area contributed by atoms with E-state index in [-0.39, 0.29) is 30.0 Å². The van der Waals surface area contributed by atoms with Crippen molar-refractivity contribution in [1.82, 2.24) is 9.88 Å². The maximum absolute atomic E-state index is 11.9. The standard InChI is InChI=1S/C13H16BrN3O4/c14-9-5-10(16-6-9)13(20)21-7-11(18)17-3-1-8(2-4-17)12(15)19/h5-6,8,16H,1-4,7H2,(H2,15,19). The zero-order valence-corrected chi connectivity index (χ0v) is 12.9. The van der Waals surface area contributed by atoms with Gasteiger partial charge in [-0.05, 0) is 34.8 Å². The molecule has 1 aromatic heterocycles. The molecule has 0 spiro atoms. The van der Waals surface area contributed by atoms with Crippen LogP contribution in [0.4, 0.5) is 0 Å². The molecular formula is C13H16BrN3O4. The highest BCUT2D eigenvalue weighted by Crippen LogP contribution is 2.17. The van der Waals surface area contributed by atoms with Gasteiger partial charge in [0.1, 0.15) is 5.69 Å². The van der Waals surface area contributed by atoms with Crippen molar-refractivity contribution in [3.63, 3.8) is 0 Å². The van der Waals surface area contributed by atoms with Gasteiger partial charge in [-0.15, -0.1) is 0 Å². The average molecular weight is 358 g/mol. The van der Waals surface area contributed by atoms with Gasteiger partial charge in [0.25, 0.3) is 5.91 Å². The van der Waals surface area contributed by atoms with E-state index in [0.717, 1.165) is 4.47 Å². The molecule has 2 amide bonds. The molecule has 114 valence electrons. The first kappa shape index (κ1) is 15.6. The van der Waals surface area contributed by atoms with E-state index < -0.39 is 5.97 Å². The molecule has 0 radical (unpaired) electrons. The van der Waals surface area contributed by atoms with Crippen LogP contribution in [0.5, 0.6) is 0 Å². The third kappa shape index (κ3) is 4.07. The van der Waals surface area contributed by atoms with Gasteiger partial charge >= 0.3 is 5.97 Å². The number of nitrogens with two attached hydrogens (primary N) is 1. The number of hydrogen-bond acceptors (Lipinski definition) is 4. The van der Waals surface area contributed by atoms with Gasteiger partial charge in [-0.3, -0.25) is 9.59 Å². The van der Waals surface area contributed by atoms with Crippen LogP contribution in [0.1, 0.15) is 23.3 Å². The second-order valence-electron chi connectivity index (χ2n) is 4.87. The Morgan fingerprint density at radius 3 is 2.57 bits per heavy atom. The lowest BCUT2D eigenvalue weighted by molar-refractivity contribution is -0.137. The number of likely N-dealkylation sites (tertiary alicyclic amines) is 1. The molecule has 8 heteroatoms. The fourth-order valence-electron chi connectivity index (χ4n) is 2.20. The van der Waals surface area contributed by atoms with Gasteiger partial charge in [-0.25, -0.2) is 4.79 Å². The van der Waals surface area contributed by atoms with E-state index in [1.54, 1.807) is 17.2 Å². The predicted octanol–water partition coefficient (Wildman–Crippen LogP) is 0.658. The topological polar surface area (TPSA) is 105 Å². The quantitative estimate of drug-likeness (QED) is 0.771. The van der Waals surface area contributed by atoms with Crippen LogP contribution in [0.3, 0.4) is 0 Å². The number of hydrogen-bond donors (Lipinski definition) is 2. The molecule has 0 aromatic carbocycles. The number of H-pyrrole nitrogens is 1. The van der Waals surface area contributed by atoms with Gasteiger partial charge in [0.05, 0.1) is 0 Å². The van der Waals surface area contributed by atoms with Gasteiger partial charge in [0.2, 0.25) is 5.91 Å². The van der Waals surface area contributed by atoms with E-state index in [0.29, 0.717) is 25.9 Å². The number of halogens is 1. The largest absolute Gasteiger partial charge is 0.451 e. The lowest BCUT2D eigenvalue weighted by Gasteiger charge is -2.30. The van der Waals surface area contributed by atoms with Crippen molar-refractivity contribution >= 4 is 33.7 Å². The van der Waals surface area contributed by atoms with Gasteiger partial charge in [0.15, 0.2) is 6.61 Å². The lowest BCUT2D eigenvalue weighted by Crippen LogP contribution is -2.43. The minimum atomic E-state index is -0.582. The predicted molar refractivity (Wildman–Crippen MR) is 77.3 cm³/mol. The molecule has 1 fully saturated rings. The Morgan fingerprint density at radius 2 is 2.05 bits per heavy atom. The fraction of sp³-hybridized carbons (Fsp3) is 0.462. The van der Waals surface area contributed by atoms with Crippen LogP contribution in [0, 0.1) is 5.92 Å². The fourth-order valence-corrected chi connectivity index (χ4v) is 2.54. The smallest absolute Gasteiger partial charge is 0.355 e. The van der Waals surface area contributed by atoms with Crippen molar-refractivity contribution < 1.29 is 19.1 Å². The summed E-state index contributed by atoms with van der Waals surface area (Å²) >= 11 is 3.21. The Bertz CT molecular complexity index is 549. The summed E-state index contributed by atoms with van der Waals surface area (Å²) in [6.07, 6.45) is 2.71. The number of aromatic nitrogens is 1. The van der Waals surface area contributed by atoms with Crippen molar-refractivity contribution in [3.05, 3.63) is 22.4 Å². The average Bonchev–Trinajstić information content (AvgIpc) is 2.91. The number of carbonyl (C=O) groups is 3. The third-order valence-electron chi connectivity index (χ3n) is 3.44. The first-order valence-corrected chi connectivity index (χ1v) is 7.35. The molecule has 21 heavy (non-hydrogen) atoms. The summed E-state index contributed by atoms with van der Waals surface area (Å²) in [5.41, 5.74) is 5.51. The summed E-state index contributed by atoms with van der Waals surface area (Å²) in [7, 11) is 0. The molecule has 0 unspecified atom stereocenters. The molecule has 2 heterocycles. The summed E-state index contributed by atoms with van der Waals surface area (Å²) in [4.78, 5) is 39.0. The number of rotatable bonds is 4. The molecule has 1 aliphatic heterocycles. The molecule has 1 saturated heterocycles. The zero-order valence-electron chi connectivity index (χ0n) is 11.3. The maximum Gasteiger partial charge on any atom is 0.355 e. The highest BCUT2D eigenvalue weighted by atomic mass is 79.9. The van der Waals surface area contributed by atoms with Gasteiger partial charge < -0.3 is 20.4 Å². The third-order valence-corrected chi connectivity index (χ3v) is 3.90. The molecular weight excluding hydrogens is 342 g/mol. The summed E-state index contributed by atoms with van der Waals surface area (Å²) in [5, 5.41) is 0. The summed E-state index contributed by atoms with van der Waals surface area (Å²) < 4.78 is 5.69. The first-order chi connectivity index (χ1) is 9.97. The highest BCUT2D eigenvalue weighted by Gasteiger charge is 2.26. The summed E-state index contributed by atoms with van der Waals surface area (Å²) in [6, 6.07) is 1.57. The van der Waals surface area contributed by atoms with Crippen LogP contribution in [-0.4, -0.2) is 47.4 Å². The SMILES string of the molecule is NC(=O)C1CCN(C(=O)COC(=O)c2cc(Br)c[nH]2)CC1. The van der Waals surface area contributed by atoms with Crippen molar-refractivity contribution in [3.8, 4) is 0 Å². The number of esters is 1. The number of aromatic amines is 1. The van der Waals surface area contributed by atoms with E-state index in [9.17, 15) is 14.4 Å². The zero-order chi connectivity index (χ0) is 15.4. The van der Waals surface area contributed by atoms with E-state index in [2.05, 4.69) is 20.9 Å². The minimum Gasteiger partial charge on any atom is -0.451 e. The molecule has 1 aliphatic rings. The van der Waals surface area contributed by atoms with Crippen LogP contribution in [0.2, 0.25) is 0 Å². The normalized spacial score (nSPS) is 15.8. The number of piperidine rings is 1. The minimum absolute atomic E-state index is 0.173. The van der Waals surface area contributed by atoms with Crippen LogP contribution in [0.25, 0.3) is 0 Å². The van der Waals surface area contributed by atoms with Crippen LogP contribution in [0.15, 0.2) is 16.7 Å². The van der Waals surface area contributed by atoms with E-state index in [1.165, 1.54) is 0 Å². The molecule has 0 aliphatic carbocycles. The molecule has 0 atom stereocenters. The van der Waals surface area contributed by atoms with Crippen molar-refractivity contribution in [2.24, 2.45) is 11.7 Å². The number of amides is 2. The number of carbonyl (C=O) groups excluding carboxylic acids is 3. The summed E-state index contributed by atoms with van der Waals surface area (Å²) in [6.45, 7) is 0.604. The Balaban J connectivity index is 1.78. The summed E-state index contributed by atoms with van der Waals surface area (Å²) in [5.74, 6) is -1.35. The van der Waals surface area contributed by atoms with Gasteiger partial charge in [-0.1, -0.05) is 0 Å². The lowest BCUT2D eigenvalue weighted by atomic mass is 9.96. The van der Waals surface area contributed by atoms with Crippen LogP contribution >= 0.6 is 15.9 Å². The molecule has 0 saturated carbocycles. The highest BCUT2D eigenvalue weighted by molar-refractivity contribution is 9.10. The maximum atomic E-state index is 11.9. The van der Waals surface area contributed by atoms with Crippen LogP contribution in [-0.2, 0) is 14.3 Å². The van der Waals surface area contributed by atoms with Gasteiger partial charge in [0, 0.05) is 29.7 Å². The molecule has 2 rings (SSSR count). The molecule has 3 N–H and O–H groups in total. The van der Waals surface area contributed by atoms with E-state index >= 15 is 0 Å². The first-order valence-electron chi connectivity index (χ1n) is 6.55. The molecule has 7 nitrogen and oxygen atoms in total. The molecule has 0 bridgehead atoms. The Hall–Kier alpha value is -1.83. The van der Waals surface area contributed by atoms with E-state index in [4.69, 9.17) is 10.5 Å². The Kier molecular flexibility index (Phi) is 5.00. The number of nitrogens with zero attached hydrogens (tertiary/aromatic N) is 1. The van der Waals surface area contributed by atoms with Gasteiger partial charge in [-0.2, -0.15) is 0 Å². The van der Waals surface area contributed by atoms with Crippen molar-refractivity contribution in [1.29, 1.82) is 0 Å². The van der Waals surface area contributed by atoms with Crippen LogP contribution < -0.4 is 5.73 Å². The Morgan fingerprint density at radius 1 is 1.38 bits per heavy atom. The number of ether oxygens (including phenoxy) is 1. The number of primary amides is 1. The Labute approximate surface area is 129 Å². The monoisotopic (exact) mass is 357 g/mol. The second-order valence-corrected chi connectivity index (χ2v) is 5.78. The van der Waals surface area contributed by atoms with E-state index in [1.807, 2.05) is 0 Å². The number of nitrogens with one attached hydrogen (secondary N) is 1. The molecule has 1 aromatic rings. The second kappa shape index (κ2) is 6.75. The van der Waals surface area contributed by atoms with Crippen molar-refractivity contribution in [2.45, 2.75) is 12.8 Å².